The second kappa shape index (κ2) is 5.30. The van der Waals surface area contributed by atoms with E-state index >= 15 is 0 Å². The van der Waals surface area contributed by atoms with Gasteiger partial charge in [0.1, 0.15) is 6.61 Å². The summed E-state index contributed by atoms with van der Waals surface area (Å²) in [5.41, 5.74) is 9.42. The first-order valence-corrected chi connectivity index (χ1v) is 7.64. The van der Waals surface area contributed by atoms with Crippen LogP contribution in [0.15, 0.2) is 23.4 Å². The van der Waals surface area contributed by atoms with Gasteiger partial charge in [-0.2, -0.15) is 0 Å². The number of nitrogens with one attached hydrogen (secondary N) is 2. The zero-order valence-electron chi connectivity index (χ0n) is 13.1. The Labute approximate surface area is 130 Å². The van der Waals surface area contributed by atoms with E-state index in [2.05, 4.69) is 19.2 Å². The predicted molar refractivity (Wildman–Crippen MR) is 86.1 cm³/mol. The molecule has 0 spiro atoms. The zero-order chi connectivity index (χ0) is 15.9. The van der Waals surface area contributed by atoms with Gasteiger partial charge in [0.05, 0.1) is 11.4 Å². The van der Waals surface area contributed by atoms with Crippen LogP contribution in [0.5, 0.6) is 5.75 Å². The molecule has 118 valence electrons. The molecule has 2 aliphatic rings. The number of rotatable bonds is 2. The number of hydrogen-bond acceptors (Lipinski definition) is 4. The van der Waals surface area contributed by atoms with E-state index in [0.717, 1.165) is 30.5 Å². The predicted octanol–water partition coefficient (Wildman–Crippen LogP) is 3.42. The van der Waals surface area contributed by atoms with Crippen molar-refractivity contribution in [3.05, 3.63) is 34.8 Å². The Morgan fingerprint density at radius 1 is 1.41 bits per heavy atom. The van der Waals surface area contributed by atoms with Crippen molar-refractivity contribution in [2.24, 2.45) is 11.1 Å². The van der Waals surface area contributed by atoms with Crippen LogP contribution in [0.25, 0.3) is 0 Å². The fraction of sp³-hybridized carbons (Fsp3) is 0.471. The van der Waals surface area contributed by atoms with Gasteiger partial charge in [0.15, 0.2) is 11.6 Å². The van der Waals surface area contributed by atoms with Gasteiger partial charge in [0.2, 0.25) is 0 Å². The summed E-state index contributed by atoms with van der Waals surface area (Å²) in [5.74, 6) is -0.186. The van der Waals surface area contributed by atoms with Gasteiger partial charge < -0.3 is 15.8 Å². The molecule has 1 aromatic rings. The molecule has 5 heteroatoms. The van der Waals surface area contributed by atoms with Gasteiger partial charge in [-0.05, 0) is 42.4 Å². The standard InChI is InChI=1S/C17H22FN3O/c1-17(2)4-3-11(13(19)9-17)15(20)10-7-12(18)16-14(8-10)21-5-6-22-16/h7-8,20-21H,3-6,9,19H2,1-2H3. The number of fused-ring (bicyclic) bond motifs is 1. The largest absolute Gasteiger partial charge is 0.486 e. The van der Waals surface area contributed by atoms with Crippen molar-refractivity contribution in [2.75, 3.05) is 18.5 Å². The van der Waals surface area contributed by atoms with E-state index in [0.29, 0.717) is 30.1 Å². The van der Waals surface area contributed by atoms with Gasteiger partial charge in [-0.3, -0.25) is 5.41 Å². The van der Waals surface area contributed by atoms with E-state index in [-0.39, 0.29) is 11.2 Å². The summed E-state index contributed by atoms with van der Waals surface area (Å²) in [5, 5.41) is 11.5. The lowest BCUT2D eigenvalue weighted by Gasteiger charge is -2.32. The molecule has 0 saturated heterocycles. The molecular weight excluding hydrogens is 281 g/mol. The Kier molecular flexibility index (Phi) is 3.59. The van der Waals surface area contributed by atoms with Crippen molar-refractivity contribution >= 4 is 11.4 Å². The van der Waals surface area contributed by atoms with E-state index < -0.39 is 5.82 Å². The Hall–Kier alpha value is -2.04. The Balaban J connectivity index is 1.95. The van der Waals surface area contributed by atoms with Crippen LogP contribution in [0.3, 0.4) is 0 Å². The molecule has 1 aromatic carbocycles. The lowest BCUT2D eigenvalue weighted by Crippen LogP contribution is -2.25. The minimum atomic E-state index is -0.431. The molecule has 0 atom stereocenters. The van der Waals surface area contributed by atoms with Crippen LogP contribution < -0.4 is 15.8 Å². The van der Waals surface area contributed by atoms with E-state index in [4.69, 9.17) is 15.9 Å². The third-order valence-electron chi connectivity index (χ3n) is 4.41. The summed E-state index contributed by atoms with van der Waals surface area (Å²) in [6, 6.07) is 3.15. The summed E-state index contributed by atoms with van der Waals surface area (Å²) in [6.07, 6.45) is 2.53. The molecule has 0 radical (unpaired) electrons. The summed E-state index contributed by atoms with van der Waals surface area (Å²) >= 11 is 0. The van der Waals surface area contributed by atoms with Crippen LogP contribution in [0.4, 0.5) is 10.1 Å². The van der Waals surface area contributed by atoms with Crippen molar-refractivity contribution in [1.29, 1.82) is 5.41 Å². The maximum atomic E-state index is 14.2. The first kappa shape index (κ1) is 14.9. The fourth-order valence-electron chi connectivity index (χ4n) is 3.15. The molecule has 0 unspecified atom stereocenters. The quantitative estimate of drug-likeness (QED) is 0.733. The molecule has 0 saturated carbocycles. The first-order valence-electron chi connectivity index (χ1n) is 7.64. The van der Waals surface area contributed by atoms with Gasteiger partial charge >= 0.3 is 0 Å². The lowest BCUT2D eigenvalue weighted by molar-refractivity contribution is 0.306. The first-order chi connectivity index (χ1) is 10.4. The van der Waals surface area contributed by atoms with Gasteiger partial charge in [-0.1, -0.05) is 13.8 Å². The molecule has 4 N–H and O–H groups in total. The number of halogens is 1. The number of nitrogens with two attached hydrogens (primary N) is 1. The van der Waals surface area contributed by atoms with Crippen molar-refractivity contribution in [2.45, 2.75) is 33.1 Å². The maximum absolute atomic E-state index is 14.2. The third-order valence-corrected chi connectivity index (χ3v) is 4.41. The second-order valence-corrected chi connectivity index (χ2v) is 6.83. The van der Waals surface area contributed by atoms with E-state index in [1.54, 1.807) is 6.07 Å². The molecule has 3 rings (SSSR count). The number of allylic oxidation sites excluding steroid dienone is 2. The molecule has 0 amide bonds. The van der Waals surface area contributed by atoms with Gasteiger partial charge in [-0.25, -0.2) is 4.39 Å². The average Bonchev–Trinajstić information content (AvgIpc) is 2.46. The number of benzene rings is 1. The van der Waals surface area contributed by atoms with Crippen LogP contribution in [-0.2, 0) is 0 Å². The molecule has 1 aliphatic carbocycles. The Morgan fingerprint density at radius 2 is 2.18 bits per heavy atom. The Bertz CT molecular complexity index is 664. The normalized spacial score (nSPS) is 20.0. The number of hydrogen-bond donors (Lipinski definition) is 3. The molecule has 1 heterocycles. The SMILES string of the molecule is CC1(C)CCC(C(=N)c2cc(F)c3c(c2)NCCO3)=C(N)C1. The van der Waals surface area contributed by atoms with Crippen molar-refractivity contribution in [3.8, 4) is 5.75 Å². The zero-order valence-corrected chi connectivity index (χ0v) is 13.1. The van der Waals surface area contributed by atoms with E-state index in [9.17, 15) is 4.39 Å². The monoisotopic (exact) mass is 303 g/mol. The van der Waals surface area contributed by atoms with Gasteiger partial charge in [0, 0.05) is 17.8 Å². The minimum absolute atomic E-state index is 0.171. The number of ether oxygens (including phenoxy) is 1. The summed E-state index contributed by atoms with van der Waals surface area (Å²) in [6.45, 7) is 5.45. The van der Waals surface area contributed by atoms with Gasteiger partial charge in [0.25, 0.3) is 0 Å². The van der Waals surface area contributed by atoms with E-state index in [1.165, 1.54) is 6.07 Å². The molecule has 22 heavy (non-hydrogen) atoms. The second-order valence-electron chi connectivity index (χ2n) is 6.83. The summed E-state index contributed by atoms with van der Waals surface area (Å²) in [4.78, 5) is 0. The highest BCUT2D eigenvalue weighted by Gasteiger charge is 2.28. The third kappa shape index (κ3) is 2.67. The molecule has 0 aromatic heterocycles. The van der Waals surface area contributed by atoms with Crippen molar-refractivity contribution in [1.82, 2.24) is 0 Å². The molecule has 0 bridgehead atoms. The highest BCUT2D eigenvalue weighted by molar-refractivity contribution is 6.11. The Morgan fingerprint density at radius 3 is 2.91 bits per heavy atom. The highest BCUT2D eigenvalue weighted by Crippen LogP contribution is 2.39. The maximum Gasteiger partial charge on any atom is 0.178 e. The van der Waals surface area contributed by atoms with Crippen LogP contribution in [0.1, 0.15) is 38.7 Å². The minimum Gasteiger partial charge on any atom is -0.486 e. The lowest BCUT2D eigenvalue weighted by atomic mass is 9.75. The average molecular weight is 303 g/mol. The molecular formula is C17H22FN3O. The topological polar surface area (TPSA) is 71.1 Å². The molecule has 4 nitrogen and oxygen atoms in total. The fourth-order valence-corrected chi connectivity index (χ4v) is 3.15. The van der Waals surface area contributed by atoms with Crippen LogP contribution in [0, 0.1) is 16.6 Å². The van der Waals surface area contributed by atoms with Crippen LogP contribution in [-0.4, -0.2) is 18.9 Å². The highest BCUT2D eigenvalue weighted by atomic mass is 19.1. The van der Waals surface area contributed by atoms with Crippen LogP contribution in [0.2, 0.25) is 0 Å². The van der Waals surface area contributed by atoms with Crippen molar-refractivity contribution in [3.63, 3.8) is 0 Å². The van der Waals surface area contributed by atoms with Gasteiger partial charge in [-0.15, -0.1) is 0 Å². The number of anilines is 1. The van der Waals surface area contributed by atoms with Crippen molar-refractivity contribution < 1.29 is 9.13 Å². The molecule has 0 fully saturated rings. The van der Waals surface area contributed by atoms with E-state index in [1.807, 2.05) is 0 Å². The molecule has 1 aliphatic heterocycles. The summed E-state index contributed by atoms with van der Waals surface area (Å²) < 4.78 is 19.5. The van der Waals surface area contributed by atoms with Crippen LogP contribution >= 0.6 is 0 Å². The smallest absolute Gasteiger partial charge is 0.178 e. The summed E-state index contributed by atoms with van der Waals surface area (Å²) in [7, 11) is 0.